The summed E-state index contributed by atoms with van der Waals surface area (Å²) in [4.78, 5) is 36.6. The van der Waals surface area contributed by atoms with Crippen molar-refractivity contribution in [3.05, 3.63) is 88.7 Å². The first kappa shape index (κ1) is 22.1. The molecule has 2 aromatic carbocycles. The van der Waals surface area contributed by atoms with Crippen LogP contribution in [0.5, 0.6) is 5.75 Å². The van der Waals surface area contributed by atoms with Crippen LogP contribution in [-0.2, 0) is 9.59 Å². The summed E-state index contributed by atoms with van der Waals surface area (Å²) >= 11 is 7.24. The van der Waals surface area contributed by atoms with Crippen LogP contribution < -0.4 is 9.64 Å². The van der Waals surface area contributed by atoms with Crippen LogP contribution in [0.2, 0.25) is 5.02 Å². The number of rotatable bonds is 5. The van der Waals surface area contributed by atoms with E-state index < -0.39 is 17.7 Å². The quantitative estimate of drug-likeness (QED) is 0.229. The van der Waals surface area contributed by atoms with E-state index >= 15 is 0 Å². The molecule has 0 bridgehead atoms. The number of pyridine rings is 1. The summed E-state index contributed by atoms with van der Waals surface area (Å²) in [5.41, 5.74) is 1.59. The number of benzene rings is 2. The minimum atomic E-state index is -0.892. The van der Waals surface area contributed by atoms with Gasteiger partial charge < -0.3 is 9.84 Å². The molecular weight excluding hydrogens is 474 g/mol. The highest BCUT2D eigenvalue weighted by atomic mass is 35.5. The van der Waals surface area contributed by atoms with Crippen molar-refractivity contribution in [2.45, 2.75) is 13.0 Å². The molecule has 1 aliphatic heterocycles. The Hall–Kier alpha value is -3.75. The lowest BCUT2D eigenvalue weighted by molar-refractivity contribution is -0.132. The van der Waals surface area contributed by atoms with E-state index in [-0.39, 0.29) is 11.3 Å². The van der Waals surface area contributed by atoms with Crippen molar-refractivity contribution in [3.63, 3.8) is 0 Å². The molecule has 0 radical (unpaired) electrons. The number of ketones is 1. The highest BCUT2D eigenvalue weighted by Crippen LogP contribution is 2.44. The molecule has 1 unspecified atom stereocenters. The van der Waals surface area contributed by atoms with Crippen molar-refractivity contribution in [1.29, 1.82) is 0 Å². The zero-order chi connectivity index (χ0) is 23.8. The molecule has 0 saturated carbocycles. The number of carbonyl (C=O) groups excluding carboxylic acids is 2. The number of halogens is 1. The van der Waals surface area contributed by atoms with E-state index in [0.29, 0.717) is 39.2 Å². The lowest BCUT2D eigenvalue weighted by Crippen LogP contribution is -2.29. The first-order chi connectivity index (χ1) is 16.5. The molecule has 3 heterocycles. The Kier molecular flexibility index (Phi) is 5.77. The molecule has 1 saturated heterocycles. The average Bonchev–Trinajstić information content (AvgIpc) is 3.38. The van der Waals surface area contributed by atoms with Crippen LogP contribution in [0, 0.1) is 0 Å². The van der Waals surface area contributed by atoms with E-state index in [9.17, 15) is 14.7 Å². The number of ether oxygens (including phenoxy) is 1. The highest BCUT2D eigenvalue weighted by Gasteiger charge is 2.48. The van der Waals surface area contributed by atoms with E-state index in [1.54, 1.807) is 48.8 Å². The van der Waals surface area contributed by atoms with Crippen LogP contribution in [0.3, 0.4) is 0 Å². The Balaban J connectivity index is 1.68. The van der Waals surface area contributed by atoms with E-state index in [2.05, 4.69) is 9.97 Å². The summed E-state index contributed by atoms with van der Waals surface area (Å²) in [6.07, 6.45) is 3.17. The lowest BCUT2D eigenvalue weighted by Gasteiger charge is -2.22. The number of Topliss-reactive ketones (excluding diaryl/α,β-unsaturated/α-hetero) is 1. The summed E-state index contributed by atoms with van der Waals surface area (Å²) in [6, 6.07) is 14.4. The second-order valence-corrected chi connectivity index (χ2v) is 8.97. The minimum Gasteiger partial charge on any atom is -0.507 e. The van der Waals surface area contributed by atoms with E-state index in [0.717, 1.165) is 4.70 Å². The van der Waals surface area contributed by atoms with Crippen molar-refractivity contribution in [2.24, 2.45) is 0 Å². The number of thiazole rings is 1. The SMILES string of the molecule is CCOc1ccc2nc(N3C(=O)C(=O)C(=C(O)c4ccc(Cl)cc4)C3c3cccnc3)sc2c1. The second-order valence-electron chi connectivity index (χ2n) is 7.52. The van der Waals surface area contributed by atoms with Crippen LogP contribution in [0.15, 0.2) is 72.6 Å². The van der Waals surface area contributed by atoms with Crippen LogP contribution >= 0.6 is 22.9 Å². The first-order valence-corrected chi connectivity index (χ1v) is 11.7. The Morgan fingerprint density at radius 1 is 1.18 bits per heavy atom. The van der Waals surface area contributed by atoms with Crippen LogP contribution in [0.25, 0.3) is 16.0 Å². The molecule has 1 aliphatic rings. The van der Waals surface area contributed by atoms with Crippen molar-refractivity contribution in [3.8, 4) is 5.75 Å². The zero-order valence-corrected chi connectivity index (χ0v) is 19.5. The average molecular weight is 492 g/mol. The van der Waals surface area contributed by atoms with Gasteiger partial charge in [-0.3, -0.25) is 19.5 Å². The first-order valence-electron chi connectivity index (χ1n) is 10.5. The number of aliphatic hydroxyl groups excluding tert-OH is 1. The molecule has 9 heteroatoms. The summed E-state index contributed by atoms with van der Waals surface area (Å²) in [7, 11) is 0. The number of aliphatic hydroxyl groups is 1. The smallest absolute Gasteiger partial charge is 0.301 e. The van der Waals surface area contributed by atoms with Crippen molar-refractivity contribution in [1.82, 2.24) is 9.97 Å². The normalized spacial score (nSPS) is 17.5. The zero-order valence-electron chi connectivity index (χ0n) is 17.9. The molecule has 2 aromatic heterocycles. The molecule has 5 rings (SSSR count). The van der Waals surface area contributed by atoms with Crippen LogP contribution in [-0.4, -0.2) is 33.4 Å². The topological polar surface area (TPSA) is 92.6 Å². The van der Waals surface area contributed by atoms with E-state index in [1.165, 1.54) is 16.2 Å². The number of hydrogen-bond acceptors (Lipinski definition) is 7. The van der Waals surface area contributed by atoms with Gasteiger partial charge in [-0.2, -0.15) is 0 Å². The number of anilines is 1. The maximum atomic E-state index is 13.3. The van der Waals surface area contributed by atoms with Gasteiger partial charge in [0, 0.05) is 23.0 Å². The minimum absolute atomic E-state index is 0.0328. The van der Waals surface area contributed by atoms with E-state index in [4.69, 9.17) is 16.3 Å². The molecule has 4 aromatic rings. The molecule has 1 N–H and O–H groups in total. The molecule has 1 fully saturated rings. The predicted molar refractivity (Wildman–Crippen MR) is 131 cm³/mol. The Morgan fingerprint density at radius 2 is 1.97 bits per heavy atom. The fourth-order valence-electron chi connectivity index (χ4n) is 3.90. The maximum absolute atomic E-state index is 13.3. The molecule has 34 heavy (non-hydrogen) atoms. The largest absolute Gasteiger partial charge is 0.507 e. The number of fused-ring (bicyclic) bond motifs is 1. The molecular formula is C25H18ClN3O4S. The van der Waals surface area contributed by atoms with Gasteiger partial charge in [-0.05, 0) is 61.0 Å². The van der Waals surface area contributed by atoms with E-state index in [1.807, 2.05) is 25.1 Å². The molecule has 170 valence electrons. The lowest BCUT2D eigenvalue weighted by atomic mass is 9.96. The number of carbonyl (C=O) groups is 2. The summed E-state index contributed by atoms with van der Waals surface area (Å²) in [6.45, 7) is 2.42. The third kappa shape index (κ3) is 3.81. The molecule has 1 amide bonds. The number of amides is 1. The van der Waals surface area contributed by atoms with Crippen molar-refractivity contribution < 1.29 is 19.4 Å². The standard InChI is InChI=1S/C25H18ClN3O4S/c1-2-33-17-9-10-18-19(12-17)34-25(28-18)29-21(15-4-3-11-27-13-15)20(23(31)24(29)32)22(30)14-5-7-16(26)8-6-14/h3-13,21,30H,2H2,1H3. The summed E-state index contributed by atoms with van der Waals surface area (Å²) in [5.74, 6) is -1.16. The molecule has 0 aliphatic carbocycles. The fraction of sp³-hybridized carbons (Fsp3) is 0.120. The monoisotopic (exact) mass is 491 g/mol. The Bertz CT molecular complexity index is 1430. The number of hydrogen-bond donors (Lipinski definition) is 1. The van der Waals surface area contributed by atoms with Gasteiger partial charge in [0.25, 0.3) is 5.78 Å². The van der Waals surface area contributed by atoms with Gasteiger partial charge in [-0.15, -0.1) is 0 Å². The Morgan fingerprint density at radius 3 is 2.68 bits per heavy atom. The third-order valence-electron chi connectivity index (χ3n) is 5.43. The van der Waals surface area contributed by atoms with Gasteiger partial charge in [0.15, 0.2) is 5.13 Å². The molecule has 7 nitrogen and oxygen atoms in total. The molecule has 1 atom stereocenters. The van der Waals surface area contributed by atoms with Crippen LogP contribution in [0.4, 0.5) is 5.13 Å². The third-order valence-corrected chi connectivity index (χ3v) is 6.70. The number of nitrogens with zero attached hydrogens (tertiary/aromatic N) is 3. The maximum Gasteiger partial charge on any atom is 0.301 e. The highest BCUT2D eigenvalue weighted by molar-refractivity contribution is 7.22. The van der Waals surface area contributed by atoms with Gasteiger partial charge in [-0.1, -0.05) is 29.0 Å². The van der Waals surface area contributed by atoms with Crippen molar-refractivity contribution >= 4 is 55.7 Å². The van der Waals surface area contributed by atoms with Crippen LogP contribution in [0.1, 0.15) is 24.1 Å². The Labute approximate surface area is 203 Å². The summed E-state index contributed by atoms with van der Waals surface area (Å²) in [5, 5.41) is 11.9. The number of aromatic nitrogens is 2. The van der Waals surface area contributed by atoms with Gasteiger partial charge >= 0.3 is 5.91 Å². The van der Waals surface area contributed by atoms with Gasteiger partial charge in [-0.25, -0.2) is 4.98 Å². The summed E-state index contributed by atoms with van der Waals surface area (Å²) < 4.78 is 6.38. The van der Waals surface area contributed by atoms with Gasteiger partial charge in [0.1, 0.15) is 11.5 Å². The van der Waals surface area contributed by atoms with Crippen molar-refractivity contribution in [2.75, 3.05) is 11.5 Å². The second kappa shape index (κ2) is 8.89. The predicted octanol–water partition coefficient (Wildman–Crippen LogP) is 5.37. The van der Waals surface area contributed by atoms with Gasteiger partial charge in [0.05, 0.1) is 28.4 Å². The fourth-order valence-corrected chi connectivity index (χ4v) is 5.05. The van der Waals surface area contributed by atoms with Gasteiger partial charge in [0.2, 0.25) is 0 Å². The molecule has 0 spiro atoms.